The maximum atomic E-state index is 12.7. The van der Waals surface area contributed by atoms with E-state index in [4.69, 9.17) is 0 Å². The second kappa shape index (κ2) is 8.19. The van der Waals surface area contributed by atoms with E-state index in [9.17, 15) is 9.59 Å². The van der Waals surface area contributed by atoms with Gasteiger partial charge in [0, 0.05) is 0 Å². The van der Waals surface area contributed by atoms with E-state index in [0.717, 1.165) is 11.1 Å². The minimum Gasteiger partial charge on any atom is -0.347 e. The molecule has 2 heterocycles. The van der Waals surface area contributed by atoms with Gasteiger partial charge >= 0.3 is 0 Å². The highest BCUT2D eigenvalue weighted by atomic mass is 32.1. The number of hydrogen-bond acceptors (Lipinski definition) is 4. The summed E-state index contributed by atoms with van der Waals surface area (Å²) in [5.74, 6) is -0.218. The van der Waals surface area contributed by atoms with Crippen molar-refractivity contribution >= 4 is 27.5 Å². The Morgan fingerprint density at radius 1 is 1.04 bits per heavy atom. The van der Waals surface area contributed by atoms with Gasteiger partial charge in [-0.05, 0) is 29.0 Å². The van der Waals surface area contributed by atoms with Crippen LogP contribution in [0.5, 0.6) is 0 Å². The van der Waals surface area contributed by atoms with Gasteiger partial charge in [-0.1, -0.05) is 60.7 Å². The Morgan fingerprint density at radius 2 is 1.75 bits per heavy atom. The molecule has 0 spiro atoms. The van der Waals surface area contributed by atoms with E-state index >= 15 is 0 Å². The van der Waals surface area contributed by atoms with Gasteiger partial charge < -0.3 is 5.32 Å². The zero-order valence-corrected chi connectivity index (χ0v) is 15.9. The molecule has 1 atom stereocenters. The second-order valence-corrected chi connectivity index (χ2v) is 7.45. The fourth-order valence-electron chi connectivity index (χ4n) is 3.17. The minimum atomic E-state index is -0.218. The van der Waals surface area contributed by atoms with Crippen LogP contribution >= 0.6 is 11.3 Å². The van der Waals surface area contributed by atoms with Crippen molar-refractivity contribution in [3.8, 4) is 0 Å². The lowest BCUT2D eigenvalue weighted by molar-refractivity contribution is -0.122. The van der Waals surface area contributed by atoms with Crippen molar-refractivity contribution in [1.29, 1.82) is 0 Å². The predicted octanol–water partition coefficient (Wildman–Crippen LogP) is 3.56. The lowest BCUT2D eigenvalue weighted by Crippen LogP contribution is -2.35. The molecule has 0 fully saturated rings. The first-order valence-corrected chi connectivity index (χ1v) is 9.89. The zero-order chi connectivity index (χ0) is 19.3. The van der Waals surface area contributed by atoms with Gasteiger partial charge in [0.05, 0.1) is 17.9 Å². The topological polar surface area (TPSA) is 64.0 Å². The highest BCUT2D eigenvalue weighted by Crippen LogP contribution is 2.18. The summed E-state index contributed by atoms with van der Waals surface area (Å²) < 4.78 is 1.93. The Bertz CT molecular complexity index is 1140. The van der Waals surface area contributed by atoms with E-state index in [2.05, 4.69) is 10.3 Å². The number of hydrogen-bond donors (Lipinski definition) is 1. The molecule has 0 radical (unpaired) electrons. The molecule has 1 amide bonds. The molecule has 4 rings (SSSR count). The van der Waals surface area contributed by atoms with Crippen LogP contribution in [0.15, 0.2) is 83.2 Å². The number of nitrogens with one attached hydrogen (secondary N) is 1. The van der Waals surface area contributed by atoms with Crippen molar-refractivity contribution in [1.82, 2.24) is 14.9 Å². The number of carbonyl (C=O) groups is 1. The molecule has 28 heavy (non-hydrogen) atoms. The summed E-state index contributed by atoms with van der Waals surface area (Å²) in [5, 5.41) is 4.90. The van der Waals surface area contributed by atoms with Crippen molar-refractivity contribution in [3.05, 3.63) is 99.9 Å². The molecule has 0 bridgehead atoms. The van der Waals surface area contributed by atoms with Crippen molar-refractivity contribution in [3.63, 3.8) is 0 Å². The van der Waals surface area contributed by atoms with E-state index in [1.165, 1.54) is 22.2 Å². The third-order valence-corrected chi connectivity index (χ3v) is 5.46. The second-order valence-electron chi connectivity index (χ2n) is 6.53. The molecule has 140 valence electrons. The van der Waals surface area contributed by atoms with Gasteiger partial charge in [0.25, 0.3) is 5.56 Å². The fraction of sp³-hybridized carbons (Fsp3) is 0.136. The summed E-state index contributed by atoms with van der Waals surface area (Å²) in [6.07, 6.45) is 2.11. The van der Waals surface area contributed by atoms with Crippen LogP contribution in [-0.2, 0) is 17.8 Å². The van der Waals surface area contributed by atoms with Crippen LogP contribution < -0.4 is 10.9 Å². The van der Waals surface area contributed by atoms with Crippen molar-refractivity contribution in [2.45, 2.75) is 19.0 Å². The Kier molecular flexibility index (Phi) is 5.30. The number of carbonyl (C=O) groups excluding carboxylic acids is 1. The molecule has 2 aromatic carbocycles. The van der Waals surface area contributed by atoms with Gasteiger partial charge in [-0.15, -0.1) is 11.3 Å². The molecule has 1 N–H and O–H groups in total. The normalized spacial score (nSPS) is 12.0. The molecule has 6 heteroatoms. The smallest absolute Gasteiger partial charge is 0.271 e. The van der Waals surface area contributed by atoms with Crippen LogP contribution in [0, 0.1) is 0 Å². The van der Waals surface area contributed by atoms with Gasteiger partial charge in [0.1, 0.15) is 11.2 Å². The largest absolute Gasteiger partial charge is 0.347 e. The lowest BCUT2D eigenvalue weighted by atomic mass is 9.99. The van der Waals surface area contributed by atoms with Crippen LogP contribution in [0.25, 0.3) is 10.2 Å². The number of fused-ring (bicyclic) bond motifs is 1. The summed E-state index contributed by atoms with van der Waals surface area (Å²) >= 11 is 1.34. The van der Waals surface area contributed by atoms with Crippen LogP contribution in [0.2, 0.25) is 0 Å². The first-order chi connectivity index (χ1) is 13.7. The Balaban J connectivity index is 1.54. The monoisotopic (exact) mass is 389 g/mol. The van der Waals surface area contributed by atoms with E-state index in [1.54, 1.807) is 6.07 Å². The molecule has 0 saturated heterocycles. The Morgan fingerprint density at radius 3 is 2.50 bits per heavy atom. The van der Waals surface area contributed by atoms with Crippen molar-refractivity contribution in [2.24, 2.45) is 0 Å². The Hall–Kier alpha value is -3.25. The Labute approximate surface area is 166 Å². The van der Waals surface area contributed by atoms with Crippen LogP contribution in [0.1, 0.15) is 17.2 Å². The SMILES string of the molecule is O=C(Cn1cnc2ccsc2c1=O)NC(Cc1ccccc1)c1ccccc1. The quantitative estimate of drug-likeness (QED) is 0.548. The molecule has 4 aromatic rings. The highest BCUT2D eigenvalue weighted by Gasteiger charge is 2.16. The van der Waals surface area contributed by atoms with Crippen molar-refractivity contribution in [2.75, 3.05) is 0 Å². The molecule has 0 saturated carbocycles. The van der Waals surface area contributed by atoms with Gasteiger partial charge in [-0.2, -0.15) is 0 Å². The number of rotatable bonds is 6. The third kappa shape index (κ3) is 4.02. The zero-order valence-electron chi connectivity index (χ0n) is 15.1. The highest BCUT2D eigenvalue weighted by molar-refractivity contribution is 7.17. The first-order valence-electron chi connectivity index (χ1n) is 9.01. The summed E-state index contributed by atoms with van der Waals surface area (Å²) in [7, 11) is 0. The molecule has 0 aliphatic carbocycles. The summed E-state index contributed by atoms with van der Waals surface area (Å²) in [4.78, 5) is 29.5. The van der Waals surface area contributed by atoms with E-state index < -0.39 is 0 Å². The summed E-state index contributed by atoms with van der Waals surface area (Å²) in [6, 6.07) is 21.5. The molecule has 0 aliphatic heterocycles. The number of thiophene rings is 1. The van der Waals surface area contributed by atoms with E-state index in [0.29, 0.717) is 16.6 Å². The molecular formula is C22H19N3O2S. The standard InChI is InChI=1S/C22H19N3O2S/c26-20(14-25-15-23-18-11-12-28-21(18)22(25)27)24-19(17-9-5-2-6-10-17)13-16-7-3-1-4-8-16/h1-12,15,19H,13-14H2,(H,24,26). The molecule has 5 nitrogen and oxygen atoms in total. The van der Waals surface area contributed by atoms with Crippen molar-refractivity contribution < 1.29 is 4.79 Å². The average Bonchev–Trinajstić information content (AvgIpc) is 3.21. The minimum absolute atomic E-state index is 0.0577. The van der Waals surface area contributed by atoms with Gasteiger partial charge in [-0.3, -0.25) is 14.2 Å². The van der Waals surface area contributed by atoms with E-state index in [1.807, 2.05) is 66.0 Å². The number of nitrogens with zero attached hydrogens (tertiary/aromatic N) is 2. The van der Waals surface area contributed by atoms with E-state index in [-0.39, 0.29) is 24.1 Å². The predicted molar refractivity (Wildman–Crippen MR) is 111 cm³/mol. The molecule has 1 unspecified atom stereocenters. The molecular weight excluding hydrogens is 370 g/mol. The number of amides is 1. The van der Waals surface area contributed by atoms with Crippen LogP contribution in [-0.4, -0.2) is 15.5 Å². The van der Waals surface area contributed by atoms with Crippen LogP contribution in [0.4, 0.5) is 0 Å². The first kappa shape index (κ1) is 18.1. The van der Waals surface area contributed by atoms with Crippen LogP contribution in [0.3, 0.4) is 0 Å². The fourth-order valence-corrected chi connectivity index (χ4v) is 3.97. The van der Waals surface area contributed by atoms with Gasteiger partial charge in [-0.25, -0.2) is 4.98 Å². The van der Waals surface area contributed by atoms with Gasteiger partial charge in [0.2, 0.25) is 5.91 Å². The maximum absolute atomic E-state index is 12.7. The summed E-state index contributed by atoms with van der Waals surface area (Å²) in [6.45, 7) is -0.0577. The van der Waals surface area contributed by atoms with Gasteiger partial charge in [0.15, 0.2) is 0 Å². The average molecular weight is 389 g/mol. The number of benzene rings is 2. The molecule has 0 aliphatic rings. The maximum Gasteiger partial charge on any atom is 0.271 e. The third-order valence-electron chi connectivity index (χ3n) is 4.57. The molecule has 2 aromatic heterocycles. The summed E-state index contributed by atoms with van der Waals surface area (Å²) in [5.41, 5.74) is 2.64. The lowest BCUT2D eigenvalue weighted by Gasteiger charge is -2.20. The number of aromatic nitrogens is 2.